The van der Waals surface area contributed by atoms with E-state index in [-0.39, 0.29) is 17.7 Å². The van der Waals surface area contributed by atoms with Gasteiger partial charge in [-0.1, -0.05) is 0 Å². The molecule has 2 amide bonds. The topological polar surface area (TPSA) is 99.5 Å². The molecular weight excluding hydrogens is 342 g/mol. The van der Waals surface area contributed by atoms with E-state index < -0.39 is 9.84 Å². The van der Waals surface area contributed by atoms with Crippen molar-refractivity contribution in [3.63, 3.8) is 0 Å². The van der Waals surface area contributed by atoms with Crippen LogP contribution in [0.25, 0.3) is 0 Å². The van der Waals surface area contributed by atoms with Gasteiger partial charge in [0.15, 0.2) is 0 Å². The molecule has 0 aromatic heterocycles. The smallest absolute Gasteiger partial charge is 0.321 e. The third-order valence-corrected chi connectivity index (χ3v) is 5.07. The standard InChI is InChI=1S/C17H23N3O4S/c1-3-24-16-7-6-15(9-14(16)10-18)19-17(21)20-8-4-5-13(11-20)12-25(2,22)23/h6-7,9,13H,3-5,8,11-12H2,1-2H3,(H,19,21)/t13-/m1/s1. The molecule has 1 saturated heterocycles. The Bertz CT molecular complexity index is 771. The van der Waals surface area contributed by atoms with E-state index in [2.05, 4.69) is 5.32 Å². The van der Waals surface area contributed by atoms with Crippen LogP contribution in [-0.4, -0.2) is 51.1 Å². The number of nitrogens with zero attached hydrogens (tertiary/aromatic N) is 2. The fourth-order valence-corrected chi connectivity index (χ4v) is 4.12. The quantitative estimate of drug-likeness (QED) is 0.863. The molecule has 1 aromatic rings. The molecule has 1 N–H and O–H groups in total. The van der Waals surface area contributed by atoms with Gasteiger partial charge in [0, 0.05) is 25.0 Å². The van der Waals surface area contributed by atoms with Crippen molar-refractivity contribution in [2.75, 3.05) is 37.0 Å². The van der Waals surface area contributed by atoms with Gasteiger partial charge in [0.05, 0.1) is 17.9 Å². The van der Waals surface area contributed by atoms with E-state index in [0.29, 0.717) is 36.7 Å². The minimum atomic E-state index is -3.06. The van der Waals surface area contributed by atoms with E-state index in [1.54, 1.807) is 23.1 Å². The van der Waals surface area contributed by atoms with Gasteiger partial charge in [0.2, 0.25) is 0 Å². The summed E-state index contributed by atoms with van der Waals surface area (Å²) in [6.45, 7) is 3.30. The lowest BCUT2D eigenvalue weighted by molar-refractivity contribution is 0.183. The summed E-state index contributed by atoms with van der Waals surface area (Å²) in [4.78, 5) is 14.1. The van der Waals surface area contributed by atoms with Crippen LogP contribution in [0.3, 0.4) is 0 Å². The Kier molecular flexibility index (Phi) is 6.26. The largest absolute Gasteiger partial charge is 0.492 e. The van der Waals surface area contributed by atoms with Crippen LogP contribution in [0.5, 0.6) is 5.75 Å². The number of nitrogens with one attached hydrogen (secondary N) is 1. The molecule has 1 fully saturated rings. The molecule has 1 aliphatic rings. The number of benzene rings is 1. The Balaban J connectivity index is 2.03. The molecule has 0 bridgehead atoms. The molecule has 1 heterocycles. The lowest BCUT2D eigenvalue weighted by atomic mass is 10.0. The van der Waals surface area contributed by atoms with Crippen molar-refractivity contribution in [2.24, 2.45) is 5.92 Å². The van der Waals surface area contributed by atoms with Crippen LogP contribution >= 0.6 is 0 Å². The zero-order chi connectivity index (χ0) is 18.4. The Morgan fingerprint density at radius 2 is 2.24 bits per heavy atom. The lowest BCUT2D eigenvalue weighted by Gasteiger charge is -2.32. The molecule has 0 saturated carbocycles. The van der Waals surface area contributed by atoms with Crippen molar-refractivity contribution in [3.8, 4) is 11.8 Å². The molecule has 136 valence electrons. The molecule has 25 heavy (non-hydrogen) atoms. The predicted molar refractivity (Wildman–Crippen MR) is 95.4 cm³/mol. The minimum Gasteiger partial charge on any atom is -0.492 e. The van der Waals surface area contributed by atoms with E-state index in [0.717, 1.165) is 12.8 Å². The first-order valence-electron chi connectivity index (χ1n) is 8.23. The van der Waals surface area contributed by atoms with Crippen LogP contribution in [0.4, 0.5) is 10.5 Å². The van der Waals surface area contributed by atoms with Gasteiger partial charge in [0.1, 0.15) is 21.7 Å². The number of urea groups is 1. The van der Waals surface area contributed by atoms with Gasteiger partial charge in [0.25, 0.3) is 0 Å². The zero-order valence-electron chi connectivity index (χ0n) is 14.5. The maximum Gasteiger partial charge on any atom is 0.321 e. The number of hydrogen-bond acceptors (Lipinski definition) is 5. The average Bonchev–Trinajstić information content (AvgIpc) is 2.55. The molecule has 0 spiro atoms. The average molecular weight is 365 g/mol. The summed E-state index contributed by atoms with van der Waals surface area (Å²) in [6, 6.07) is 6.67. The molecule has 0 radical (unpaired) electrons. The first-order chi connectivity index (χ1) is 11.8. The molecule has 8 heteroatoms. The SMILES string of the molecule is CCOc1ccc(NC(=O)N2CCC[C@@H](CS(C)(=O)=O)C2)cc1C#N. The number of likely N-dealkylation sites (tertiary alicyclic amines) is 1. The number of ether oxygens (including phenoxy) is 1. The second-order valence-electron chi connectivity index (χ2n) is 6.23. The Hall–Kier alpha value is -2.27. The first kappa shape index (κ1) is 19.1. The maximum atomic E-state index is 12.4. The summed E-state index contributed by atoms with van der Waals surface area (Å²) < 4.78 is 28.3. The molecule has 1 atom stereocenters. The fourth-order valence-electron chi connectivity index (χ4n) is 2.99. The summed E-state index contributed by atoms with van der Waals surface area (Å²) in [5.74, 6) is 0.539. The van der Waals surface area contributed by atoms with Crippen LogP contribution in [0.1, 0.15) is 25.3 Å². The summed E-state index contributed by atoms with van der Waals surface area (Å²) in [5, 5.41) is 12.0. The molecule has 0 unspecified atom stereocenters. The van der Waals surface area contributed by atoms with Gasteiger partial charge in [-0.2, -0.15) is 5.26 Å². The van der Waals surface area contributed by atoms with Gasteiger partial charge in [-0.05, 0) is 43.9 Å². The Morgan fingerprint density at radius 1 is 1.48 bits per heavy atom. The molecule has 2 rings (SSSR count). The van der Waals surface area contributed by atoms with Crippen LogP contribution in [0.15, 0.2) is 18.2 Å². The number of piperidine rings is 1. The van der Waals surface area contributed by atoms with Crippen molar-refractivity contribution in [2.45, 2.75) is 19.8 Å². The molecular formula is C17H23N3O4S. The highest BCUT2D eigenvalue weighted by molar-refractivity contribution is 7.90. The van der Waals surface area contributed by atoms with Crippen LogP contribution in [0.2, 0.25) is 0 Å². The van der Waals surface area contributed by atoms with Crippen molar-refractivity contribution in [1.29, 1.82) is 5.26 Å². The van der Waals surface area contributed by atoms with E-state index in [1.165, 1.54) is 6.26 Å². The maximum absolute atomic E-state index is 12.4. The van der Waals surface area contributed by atoms with E-state index in [4.69, 9.17) is 4.74 Å². The second-order valence-corrected chi connectivity index (χ2v) is 8.42. The van der Waals surface area contributed by atoms with Crippen molar-refractivity contribution in [1.82, 2.24) is 4.90 Å². The van der Waals surface area contributed by atoms with Gasteiger partial charge >= 0.3 is 6.03 Å². The molecule has 7 nitrogen and oxygen atoms in total. The van der Waals surface area contributed by atoms with Crippen molar-refractivity contribution < 1.29 is 17.9 Å². The molecule has 0 aliphatic carbocycles. The number of amides is 2. The third-order valence-electron chi connectivity index (χ3n) is 4.00. The Morgan fingerprint density at radius 3 is 2.88 bits per heavy atom. The second kappa shape index (κ2) is 8.21. The van der Waals surface area contributed by atoms with Gasteiger partial charge in [-0.3, -0.25) is 0 Å². The number of carbonyl (C=O) groups is 1. The number of nitriles is 1. The summed E-state index contributed by atoms with van der Waals surface area (Å²) in [7, 11) is -3.06. The van der Waals surface area contributed by atoms with Gasteiger partial charge in [-0.25, -0.2) is 13.2 Å². The first-order valence-corrected chi connectivity index (χ1v) is 10.3. The zero-order valence-corrected chi connectivity index (χ0v) is 15.3. The highest BCUT2D eigenvalue weighted by atomic mass is 32.2. The summed E-state index contributed by atoms with van der Waals surface area (Å²) in [5.41, 5.74) is 0.864. The molecule has 1 aliphatic heterocycles. The lowest BCUT2D eigenvalue weighted by Crippen LogP contribution is -2.43. The summed E-state index contributed by atoms with van der Waals surface area (Å²) in [6.07, 6.45) is 2.80. The number of rotatable bonds is 5. The Labute approximate surface area is 148 Å². The monoisotopic (exact) mass is 365 g/mol. The van der Waals surface area contributed by atoms with Crippen molar-refractivity contribution >= 4 is 21.6 Å². The van der Waals surface area contributed by atoms with Crippen LogP contribution in [0, 0.1) is 17.2 Å². The third kappa shape index (κ3) is 5.64. The highest BCUT2D eigenvalue weighted by Crippen LogP contribution is 2.23. The van der Waals surface area contributed by atoms with Gasteiger partial charge < -0.3 is 15.0 Å². The van der Waals surface area contributed by atoms with Crippen LogP contribution < -0.4 is 10.1 Å². The van der Waals surface area contributed by atoms with Gasteiger partial charge in [-0.15, -0.1) is 0 Å². The van der Waals surface area contributed by atoms with E-state index in [9.17, 15) is 18.5 Å². The van der Waals surface area contributed by atoms with Crippen molar-refractivity contribution in [3.05, 3.63) is 23.8 Å². The summed E-state index contributed by atoms with van der Waals surface area (Å²) >= 11 is 0. The van der Waals surface area contributed by atoms with Crippen LogP contribution in [-0.2, 0) is 9.84 Å². The molecule has 1 aromatic carbocycles. The van der Waals surface area contributed by atoms with E-state index in [1.807, 2.05) is 13.0 Å². The number of anilines is 1. The number of hydrogen-bond donors (Lipinski definition) is 1. The normalized spacial score (nSPS) is 17.6. The number of sulfone groups is 1. The fraction of sp³-hybridized carbons (Fsp3) is 0.529. The highest BCUT2D eigenvalue weighted by Gasteiger charge is 2.26. The van der Waals surface area contributed by atoms with E-state index >= 15 is 0 Å². The number of carbonyl (C=O) groups excluding carboxylic acids is 1. The minimum absolute atomic E-state index is 0.0375. The predicted octanol–water partition coefficient (Wildman–Crippen LogP) is 2.25.